The van der Waals surface area contributed by atoms with E-state index in [0.717, 1.165) is 0 Å². The van der Waals surface area contributed by atoms with E-state index in [1.54, 1.807) is 12.4 Å². The predicted molar refractivity (Wildman–Crippen MR) is 37.3 cm³/mol. The lowest BCUT2D eigenvalue weighted by Gasteiger charge is -1.85. The summed E-state index contributed by atoms with van der Waals surface area (Å²) < 4.78 is 17.6. The monoisotopic (exact) mass is 159 g/mol. The van der Waals surface area contributed by atoms with Crippen LogP contribution in [0.2, 0.25) is 0 Å². The number of hydrogen-bond donors (Lipinski definition) is 1. The van der Waals surface area contributed by atoms with E-state index in [2.05, 4.69) is 10.1 Å². The van der Waals surface area contributed by atoms with Crippen molar-refractivity contribution < 1.29 is 8.76 Å². The maximum atomic E-state index is 8.78. The second kappa shape index (κ2) is 6.34. The van der Waals surface area contributed by atoms with Crippen LogP contribution in [-0.2, 0) is 11.3 Å². The van der Waals surface area contributed by atoms with Crippen LogP contribution in [0, 0.1) is 0 Å². The lowest BCUT2D eigenvalue weighted by atomic mass is 10.5. The minimum atomic E-state index is -2.36. The van der Waals surface area contributed by atoms with Crippen molar-refractivity contribution in [3.8, 4) is 0 Å². The summed E-state index contributed by atoms with van der Waals surface area (Å²) in [5, 5.41) is 4.03. The van der Waals surface area contributed by atoms with Crippen molar-refractivity contribution in [2.45, 2.75) is 0 Å². The Labute approximate surface area is 61.5 Å². The van der Waals surface area contributed by atoms with E-state index in [1.165, 1.54) is 0 Å². The second-order valence-electron chi connectivity index (χ2n) is 1.29. The fourth-order valence-corrected chi connectivity index (χ4v) is 0.313. The molecule has 0 saturated carbocycles. The first-order valence-electron chi connectivity index (χ1n) is 2.42. The third-order valence-corrected chi connectivity index (χ3v) is 0.566. The number of nitrogens with two attached hydrogens (primary N) is 1. The van der Waals surface area contributed by atoms with Gasteiger partial charge in [0.25, 0.3) is 0 Å². The Kier molecular flexibility index (Phi) is 5.85. The van der Waals surface area contributed by atoms with Gasteiger partial charge in [0.2, 0.25) is 0 Å². The van der Waals surface area contributed by atoms with Crippen molar-refractivity contribution in [3.63, 3.8) is 0 Å². The van der Waals surface area contributed by atoms with Gasteiger partial charge in [-0.1, -0.05) is 6.07 Å². The number of nitrogens with zero attached hydrogens (tertiary/aromatic N) is 1. The molecule has 1 aromatic heterocycles. The fourth-order valence-electron chi connectivity index (χ4n) is 0.313. The largest absolute Gasteiger partial charge is 0.760 e. The van der Waals surface area contributed by atoms with E-state index in [1.807, 2.05) is 18.2 Å². The molecule has 5 heteroatoms. The molecule has 1 rings (SSSR count). The molecule has 0 bridgehead atoms. The average molecular weight is 159 g/mol. The molecule has 0 aromatic carbocycles. The minimum absolute atomic E-state index is 1.75. The maximum absolute atomic E-state index is 8.78. The van der Waals surface area contributed by atoms with Crippen LogP contribution in [0.15, 0.2) is 30.6 Å². The zero-order valence-corrected chi connectivity index (χ0v) is 5.95. The summed E-state index contributed by atoms with van der Waals surface area (Å²) in [6.07, 6.45) is 3.50. The molecule has 0 fully saturated rings. The van der Waals surface area contributed by atoms with Crippen molar-refractivity contribution in [2.75, 3.05) is 0 Å². The molecular formula is C5H7N2O2S-. The quantitative estimate of drug-likeness (QED) is 0.533. The Morgan fingerprint density at radius 1 is 1.30 bits per heavy atom. The molecule has 0 aliphatic rings. The van der Waals surface area contributed by atoms with Gasteiger partial charge in [0.15, 0.2) is 0 Å². The molecule has 1 atom stereocenters. The third-order valence-electron chi connectivity index (χ3n) is 0.566. The highest BCUT2D eigenvalue weighted by Gasteiger charge is 1.58. The summed E-state index contributed by atoms with van der Waals surface area (Å²) in [7, 11) is 0. The van der Waals surface area contributed by atoms with Gasteiger partial charge in [0.05, 0.1) is 0 Å². The Morgan fingerprint density at radius 3 is 1.80 bits per heavy atom. The molecule has 4 nitrogen and oxygen atoms in total. The van der Waals surface area contributed by atoms with Gasteiger partial charge >= 0.3 is 0 Å². The molecule has 0 saturated heterocycles. The lowest BCUT2D eigenvalue weighted by molar-refractivity contribution is 0.539. The molecule has 1 aromatic rings. The van der Waals surface area contributed by atoms with Crippen LogP contribution in [0.25, 0.3) is 0 Å². The number of hydrogen-bond acceptors (Lipinski definition) is 3. The molecule has 0 aliphatic heterocycles. The van der Waals surface area contributed by atoms with Gasteiger partial charge in [-0.05, 0) is 12.1 Å². The Hall–Kier alpha value is -0.780. The average Bonchev–Trinajstić information content (AvgIpc) is 1.90. The number of aromatic nitrogens is 1. The normalized spacial score (nSPS) is 11.0. The van der Waals surface area contributed by atoms with Crippen LogP contribution in [0.1, 0.15) is 0 Å². The second-order valence-corrected chi connectivity index (χ2v) is 1.81. The zero-order valence-electron chi connectivity index (χ0n) is 5.14. The standard InChI is InChI=1S/C5H5N.H3NO2S/c1-2-4-6-5-3-1;1-4(2)3/h1-5H;1H2,(H,2,3)/p-1. The van der Waals surface area contributed by atoms with Gasteiger partial charge in [0, 0.05) is 23.7 Å². The van der Waals surface area contributed by atoms with Crippen molar-refractivity contribution in [3.05, 3.63) is 30.6 Å². The first-order chi connectivity index (χ1) is 4.73. The molecule has 0 radical (unpaired) electrons. The number of rotatable bonds is 0. The highest BCUT2D eigenvalue weighted by Crippen LogP contribution is 1.73. The molecule has 0 amide bonds. The highest BCUT2D eigenvalue weighted by molar-refractivity contribution is 7.76. The van der Waals surface area contributed by atoms with E-state index >= 15 is 0 Å². The van der Waals surface area contributed by atoms with Gasteiger partial charge in [-0.15, -0.1) is 0 Å². The van der Waals surface area contributed by atoms with Crippen molar-refractivity contribution in [1.29, 1.82) is 0 Å². The highest BCUT2D eigenvalue weighted by atomic mass is 32.2. The van der Waals surface area contributed by atoms with Gasteiger partial charge in [-0.25, -0.2) is 0 Å². The lowest BCUT2D eigenvalue weighted by Crippen LogP contribution is -1.97. The van der Waals surface area contributed by atoms with Crippen LogP contribution >= 0.6 is 0 Å². The molecule has 2 N–H and O–H groups in total. The predicted octanol–water partition coefficient (Wildman–Crippen LogP) is -0.179. The van der Waals surface area contributed by atoms with E-state index in [4.69, 9.17) is 8.76 Å². The Balaban J connectivity index is 0.000000180. The number of pyridine rings is 1. The summed E-state index contributed by atoms with van der Waals surface area (Å²) in [4.78, 5) is 3.78. The topological polar surface area (TPSA) is 79.0 Å². The smallest absolute Gasteiger partial charge is 0.0267 e. The molecule has 1 heterocycles. The summed E-state index contributed by atoms with van der Waals surface area (Å²) in [6, 6.07) is 5.72. The van der Waals surface area contributed by atoms with Gasteiger partial charge < -0.3 is 4.55 Å². The van der Waals surface area contributed by atoms with Crippen LogP contribution in [0.3, 0.4) is 0 Å². The molecule has 0 aliphatic carbocycles. The molecular weight excluding hydrogens is 152 g/mol. The maximum Gasteiger partial charge on any atom is 0.0267 e. The van der Waals surface area contributed by atoms with Gasteiger partial charge in [-0.2, -0.15) is 0 Å². The SMILES string of the molecule is NS(=O)[O-].c1ccncc1. The molecule has 56 valence electrons. The molecule has 0 spiro atoms. The van der Waals surface area contributed by atoms with E-state index < -0.39 is 11.3 Å². The van der Waals surface area contributed by atoms with E-state index in [-0.39, 0.29) is 0 Å². The van der Waals surface area contributed by atoms with Gasteiger partial charge in [0.1, 0.15) is 0 Å². The van der Waals surface area contributed by atoms with E-state index in [0.29, 0.717) is 0 Å². The van der Waals surface area contributed by atoms with Crippen LogP contribution in [-0.4, -0.2) is 13.7 Å². The van der Waals surface area contributed by atoms with Crippen LogP contribution in [0.4, 0.5) is 0 Å². The van der Waals surface area contributed by atoms with Crippen molar-refractivity contribution >= 4 is 11.3 Å². The third kappa shape index (κ3) is 10.3. The fraction of sp³-hybridized carbons (Fsp3) is 0. The van der Waals surface area contributed by atoms with Crippen LogP contribution < -0.4 is 5.14 Å². The Morgan fingerprint density at radius 2 is 1.70 bits per heavy atom. The minimum Gasteiger partial charge on any atom is -0.760 e. The molecule has 1 unspecified atom stereocenters. The summed E-state index contributed by atoms with van der Waals surface area (Å²) >= 11 is -2.36. The van der Waals surface area contributed by atoms with Crippen molar-refractivity contribution in [2.24, 2.45) is 5.14 Å². The summed E-state index contributed by atoms with van der Waals surface area (Å²) in [5.74, 6) is 0. The molecule has 10 heavy (non-hydrogen) atoms. The first-order valence-corrected chi connectivity index (χ1v) is 3.56. The summed E-state index contributed by atoms with van der Waals surface area (Å²) in [5.41, 5.74) is 0. The Bertz CT molecular complexity index is 150. The van der Waals surface area contributed by atoms with E-state index in [9.17, 15) is 0 Å². The first kappa shape index (κ1) is 9.22. The zero-order chi connectivity index (χ0) is 7.82. The summed E-state index contributed by atoms with van der Waals surface area (Å²) in [6.45, 7) is 0. The van der Waals surface area contributed by atoms with Crippen LogP contribution in [0.5, 0.6) is 0 Å². The van der Waals surface area contributed by atoms with Crippen molar-refractivity contribution in [1.82, 2.24) is 4.98 Å². The van der Waals surface area contributed by atoms with Gasteiger partial charge in [-0.3, -0.25) is 14.3 Å².